The van der Waals surface area contributed by atoms with E-state index in [4.69, 9.17) is 20.8 Å². The normalized spacial score (nSPS) is 11.5. The molecule has 1 N–H and O–H groups in total. The van der Waals surface area contributed by atoms with Gasteiger partial charge in [0.25, 0.3) is 5.91 Å². The van der Waals surface area contributed by atoms with E-state index in [0.29, 0.717) is 10.8 Å². The van der Waals surface area contributed by atoms with E-state index in [9.17, 15) is 14.9 Å². The number of hydrogen-bond donors (Lipinski definition) is 1. The SMILES string of the molecule is CC(C)(Oc1ccc(Cl)cc1)C(=O)N/N=C/c1ccc([N+](=O)[O-])o1. The molecule has 2 rings (SSSR count). The molecule has 0 bridgehead atoms. The van der Waals surface area contributed by atoms with Crippen LogP contribution in [0.5, 0.6) is 5.75 Å². The number of carbonyl (C=O) groups is 1. The highest BCUT2D eigenvalue weighted by atomic mass is 35.5. The van der Waals surface area contributed by atoms with E-state index in [1.807, 2.05) is 0 Å². The van der Waals surface area contributed by atoms with Crippen molar-refractivity contribution in [3.63, 3.8) is 0 Å². The predicted octanol–water partition coefficient (Wildman–Crippen LogP) is 3.15. The van der Waals surface area contributed by atoms with Crippen molar-refractivity contribution in [3.8, 4) is 5.75 Å². The Morgan fingerprint density at radius 1 is 1.33 bits per heavy atom. The molecule has 9 heteroatoms. The summed E-state index contributed by atoms with van der Waals surface area (Å²) in [6.07, 6.45) is 1.16. The smallest absolute Gasteiger partial charge is 0.433 e. The summed E-state index contributed by atoms with van der Waals surface area (Å²) < 4.78 is 10.5. The van der Waals surface area contributed by atoms with Crippen molar-refractivity contribution in [2.24, 2.45) is 5.10 Å². The number of hydrogen-bond acceptors (Lipinski definition) is 6. The maximum absolute atomic E-state index is 12.1. The third-order valence-corrected chi connectivity index (χ3v) is 3.14. The molecule has 0 saturated carbocycles. The van der Waals surface area contributed by atoms with E-state index in [-0.39, 0.29) is 5.76 Å². The average molecular weight is 352 g/mol. The van der Waals surface area contributed by atoms with Gasteiger partial charge >= 0.3 is 5.88 Å². The van der Waals surface area contributed by atoms with E-state index < -0.39 is 22.3 Å². The van der Waals surface area contributed by atoms with Crippen LogP contribution in [-0.4, -0.2) is 22.6 Å². The molecule has 8 nitrogen and oxygen atoms in total. The lowest BCUT2D eigenvalue weighted by Gasteiger charge is -2.24. The highest BCUT2D eigenvalue weighted by Gasteiger charge is 2.29. The van der Waals surface area contributed by atoms with Gasteiger partial charge in [-0.2, -0.15) is 5.10 Å². The molecule has 0 radical (unpaired) electrons. The number of nitrogens with one attached hydrogen (secondary N) is 1. The summed E-state index contributed by atoms with van der Waals surface area (Å²) in [6, 6.07) is 9.13. The number of ether oxygens (including phenoxy) is 1. The largest absolute Gasteiger partial charge is 0.478 e. The number of nitrogens with zero attached hydrogens (tertiary/aromatic N) is 2. The summed E-state index contributed by atoms with van der Waals surface area (Å²) in [6.45, 7) is 3.15. The van der Waals surface area contributed by atoms with Gasteiger partial charge in [0.05, 0.1) is 12.3 Å². The van der Waals surface area contributed by atoms with Crippen molar-refractivity contribution in [2.45, 2.75) is 19.4 Å². The molecule has 0 spiro atoms. The molecule has 1 aromatic heterocycles. The van der Waals surface area contributed by atoms with Gasteiger partial charge in [0, 0.05) is 5.02 Å². The van der Waals surface area contributed by atoms with Crippen molar-refractivity contribution >= 4 is 29.6 Å². The Labute approximate surface area is 142 Å². The Morgan fingerprint density at radius 2 is 2.00 bits per heavy atom. The third kappa shape index (κ3) is 4.56. The van der Waals surface area contributed by atoms with Gasteiger partial charge in [0.15, 0.2) is 11.4 Å². The van der Waals surface area contributed by atoms with E-state index in [1.54, 1.807) is 38.1 Å². The number of amides is 1. The lowest BCUT2D eigenvalue weighted by atomic mass is 10.1. The number of nitro groups is 1. The van der Waals surface area contributed by atoms with Crippen molar-refractivity contribution in [1.82, 2.24) is 5.43 Å². The topological polar surface area (TPSA) is 107 Å². The van der Waals surface area contributed by atoms with Crippen LogP contribution in [0.3, 0.4) is 0 Å². The summed E-state index contributed by atoms with van der Waals surface area (Å²) in [5.74, 6) is -0.299. The fourth-order valence-electron chi connectivity index (χ4n) is 1.64. The first-order valence-corrected chi connectivity index (χ1v) is 7.18. The van der Waals surface area contributed by atoms with Crippen LogP contribution >= 0.6 is 11.6 Å². The van der Waals surface area contributed by atoms with Gasteiger partial charge in [-0.05, 0) is 44.2 Å². The van der Waals surface area contributed by atoms with Crippen LogP contribution < -0.4 is 10.2 Å². The van der Waals surface area contributed by atoms with Gasteiger partial charge < -0.3 is 9.15 Å². The summed E-state index contributed by atoms with van der Waals surface area (Å²) in [7, 11) is 0. The summed E-state index contributed by atoms with van der Waals surface area (Å²) >= 11 is 5.79. The zero-order chi connectivity index (χ0) is 17.7. The van der Waals surface area contributed by atoms with E-state index >= 15 is 0 Å². The lowest BCUT2D eigenvalue weighted by molar-refractivity contribution is -0.402. The second kappa shape index (κ2) is 7.14. The standard InChI is InChI=1S/C15H14ClN3O5/c1-15(2,24-11-5-3-10(16)4-6-11)14(20)18-17-9-12-7-8-13(23-12)19(21)22/h3-9H,1-2H3,(H,18,20)/b17-9+. The average Bonchev–Trinajstić information content (AvgIpc) is 2.98. The summed E-state index contributed by atoms with van der Waals surface area (Å²) in [4.78, 5) is 22.0. The molecule has 1 heterocycles. The van der Waals surface area contributed by atoms with Crippen LogP contribution in [0, 0.1) is 10.1 Å². The lowest BCUT2D eigenvalue weighted by Crippen LogP contribution is -2.44. The minimum absolute atomic E-state index is 0.137. The Kier molecular flexibility index (Phi) is 5.20. The molecule has 2 aromatic rings. The molecule has 0 aliphatic heterocycles. The fourth-order valence-corrected chi connectivity index (χ4v) is 1.77. The Hall–Kier alpha value is -2.87. The molecular formula is C15H14ClN3O5. The Balaban J connectivity index is 1.95. The molecular weight excluding hydrogens is 338 g/mol. The van der Waals surface area contributed by atoms with Crippen molar-refractivity contribution < 1.29 is 18.9 Å². The van der Waals surface area contributed by atoms with Crippen LogP contribution in [0.2, 0.25) is 5.02 Å². The van der Waals surface area contributed by atoms with Crippen LogP contribution in [-0.2, 0) is 4.79 Å². The predicted molar refractivity (Wildman–Crippen MR) is 87.3 cm³/mol. The maximum Gasteiger partial charge on any atom is 0.433 e. The molecule has 1 aromatic carbocycles. The zero-order valence-corrected chi connectivity index (χ0v) is 13.6. The van der Waals surface area contributed by atoms with Crippen LogP contribution in [0.15, 0.2) is 45.9 Å². The minimum atomic E-state index is -1.19. The van der Waals surface area contributed by atoms with Gasteiger partial charge in [-0.15, -0.1) is 0 Å². The number of benzene rings is 1. The Bertz CT molecular complexity index is 768. The number of rotatable bonds is 6. The molecule has 0 unspecified atom stereocenters. The van der Waals surface area contributed by atoms with Crippen molar-refractivity contribution in [2.75, 3.05) is 0 Å². The highest BCUT2D eigenvalue weighted by Crippen LogP contribution is 2.21. The first-order valence-electron chi connectivity index (χ1n) is 6.80. The fraction of sp³-hybridized carbons (Fsp3) is 0.200. The molecule has 126 valence electrons. The highest BCUT2D eigenvalue weighted by molar-refractivity contribution is 6.30. The first-order chi connectivity index (χ1) is 11.3. The second-order valence-corrected chi connectivity index (χ2v) is 5.63. The molecule has 0 saturated heterocycles. The van der Waals surface area contributed by atoms with Crippen LogP contribution in [0.1, 0.15) is 19.6 Å². The molecule has 24 heavy (non-hydrogen) atoms. The number of furan rings is 1. The van der Waals surface area contributed by atoms with Gasteiger partial charge in [-0.25, -0.2) is 5.43 Å². The first kappa shape index (κ1) is 17.5. The van der Waals surface area contributed by atoms with E-state index in [2.05, 4.69) is 10.5 Å². The Morgan fingerprint density at radius 3 is 2.58 bits per heavy atom. The second-order valence-electron chi connectivity index (χ2n) is 5.20. The number of carbonyl (C=O) groups excluding carboxylic acids is 1. The number of halogens is 1. The third-order valence-electron chi connectivity index (χ3n) is 2.88. The molecule has 0 aliphatic rings. The van der Waals surface area contributed by atoms with E-state index in [0.717, 1.165) is 6.21 Å². The van der Waals surface area contributed by atoms with Gasteiger partial charge in [-0.3, -0.25) is 14.9 Å². The maximum atomic E-state index is 12.1. The monoisotopic (exact) mass is 351 g/mol. The summed E-state index contributed by atoms with van der Waals surface area (Å²) in [5, 5.41) is 14.7. The van der Waals surface area contributed by atoms with Gasteiger partial charge in [0.2, 0.25) is 0 Å². The number of hydrazone groups is 1. The quantitative estimate of drug-likeness (QED) is 0.488. The van der Waals surface area contributed by atoms with Crippen LogP contribution in [0.25, 0.3) is 0 Å². The van der Waals surface area contributed by atoms with Gasteiger partial charge in [0.1, 0.15) is 10.7 Å². The molecule has 0 fully saturated rings. The molecule has 1 amide bonds. The van der Waals surface area contributed by atoms with E-state index in [1.165, 1.54) is 12.1 Å². The van der Waals surface area contributed by atoms with Crippen LogP contribution in [0.4, 0.5) is 5.88 Å². The molecule has 0 aliphatic carbocycles. The molecule has 0 atom stereocenters. The van der Waals surface area contributed by atoms with Crippen molar-refractivity contribution in [3.05, 3.63) is 57.3 Å². The summed E-state index contributed by atoms with van der Waals surface area (Å²) in [5.41, 5.74) is 1.10. The zero-order valence-electron chi connectivity index (χ0n) is 12.9. The minimum Gasteiger partial charge on any atom is -0.478 e. The van der Waals surface area contributed by atoms with Gasteiger partial charge in [-0.1, -0.05) is 11.6 Å². The van der Waals surface area contributed by atoms with Crippen molar-refractivity contribution in [1.29, 1.82) is 0 Å².